The molecular formula is C19H30N3O3S+. The van der Waals surface area contributed by atoms with Crippen LogP contribution in [0.1, 0.15) is 43.5 Å². The number of nitrogens with one attached hydrogen (secondary N) is 1. The SMILES string of the molecule is C[C@@H]1CCC[C@H](C)N1C(=O)c1ccc(S(=O)(=O)N2CC[NH+](C)CC2)cc1. The fourth-order valence-electron chi connectivity index (χ4n) is 4.00. The van der Waals surface area contributed by atoms with Gasteiger partial charge in [0.25, 0.3) is 5.91 Å². The number of quaternary nitrogens is 1. The predicted molar refractivity (Wildman–Crippen MR) is 101 cm³/mol. The number of carbonyl (C=O) groups is 1. The van der Waals surface area contributed by atoms with Crippen molar-refractivity contribution in [3.8, 4) is 0 Å². The van der Waals surface area contributed by atoms with Gasteiger partial charge in [0.15, 0.2) is 0 Å². The van der Waals surface area contributed by atoms with Gasteiger partial charge in [-0.25, -0.2) is 8.42 Å². The molecular weight excluding hydrogens is 350 g/mol. The molecule has 1 N–H and O–H groups in total. The molecule has 26 heavy (non-hydrogen) atoms. The molecule has 2 saturated heterocycles. The summed E-state index contributed by atoms with van der Waals surface area (Å²) in [5.74, 6) is -0.00292. The summed E-state index contributed by atoms with van der Waals surface area (Å²) in [5.41, 5.74) is 0.562. The lowest BCUT2D eigenvalue weighted by Gasteiger charge is -2.39. The molecule has 6 nitrogen and oxygen atoms in total. The summed E-state index contributed by atoms with van der Waals surface area (Å²) in [5, 5.41) is 0. The van der Waals surface area contributed by atoms with Crippen LogP contribution in [0.25, 0.3) is 0 Å². The molecule has 0 radical (unpaired) electrons. The molecule has 0 bridgehead atoms. The van der Waals surface area contributed by atoms with Crippen LogP contribution in [0.5, 0.6) is 0 Å². The Labute approximate surface area is 156 Å². The number of hydrogen-bond donors (Lipinski definition) is 1. The van der Waals surface area contributed by atoms with E-state index >= 15 is 0 Å². The van der Waals surface area contributed by atoms with Crippen molar-refractivity contribution in [1.82, 2.24) is 9.21 Å². The van der Waals surface area contributed by atoms with E-state index in [2.05, 4.69) is 20.9 Å². The number of sulfonamides is 1. The highest BCUT2D eigenvalue weighted by atomic mass is 32.2. The second-order valence-corrected chi connectivity index (χ2v) is 9.66. The van der Waals surface area contributed by atoms with E-state index in [0.717, 1.165) is 32.4 Å². The van der Waals surface area contributed by atoms with E-state index in [-0.39, 0.29) is 22.9 Å². The first-order valence-electron chi connectivity index (χ1n) is 9.55. The summed E-state index contributed by atoms with van der Waals surface area (Å²) in [7, 11) is -1.40. The zero-order chi connectivity index (χ0) is 18.9. The van der Waals surface area contributed by atoms with Crippen molar-refractivity contribution in [2.75, 3.05) is 33.2 Å². The number of carbonyl (C=O) groups excluding carboxylic acids is 1. The smallest absolute Gasteiger partial charge is 0.254 e. The minimum Gasteiger partial charge on any atom is -0.335 e. The molecule has 0 unspecified atom stereocenters. The van der Waals surface area contributed by atoms with E-state index in [9.17, 15) is 13.2 Å². The minimum absolute atomic E-state index is 0.00292. The van der Waals surface area contributed by atoms with Gasteiger partial charge in [0.1, 0.15) is 0 Å². The van der Waals surface area contributed by atoms with Crippen LogP contribution in [0, 0.1) is 0 Å². The number of rotatable bonds is 3. The summed E-state index contributed by atoms with van der Waals surface area (Å²) in [6.07, 6.45) is 3.19. The topological polar surface area (TPSA) is 62.1 Å². The average Bonchev–Trinajstić information content (AvgIpc) is 2.62. The number of piperidine rings is 1. The first kappa shape index (κ1) is 19.3. The lowest BCUT2D eigenvalue weighted by atomic mass is 9.96. The van der Waals surface area contributed by atoms with Crippen LogP contribution in [0.15, 0.2) is 29.2 Å². The van der Waals surface area contributed by atoms with Crippen molar-refractivity contribution < 1.29 is 18.1 Å². The molecule has 0 spiro atoms. The Morgan fingerprint density at radius 3 is 2.12 bits per heavy atom. The summed E-state index contributed by atoms with van der Waals surface area (Å²) < 4.78 is 27.2. The van der Waals surface area contributed by atoms with Crippen LogP contribution >= 0.6 is 0 Å². The summed E-state index contributed by atoms with van der Waals surface area (Å²) in [6, 6.07) is 6.92. The van der Waals surface area contributed by atoms with Crippen molar-refractivity contribution >= 4 is 15.9 Å². The standard InChI is InChI=1S/C19H29N3O3S/c1-15-5-4-6-16(2)22(15)19(23)17-7-9-18(10-8-17)26(24,25)21-13-11-20(3)12-14-21/h7-10,15-16H,4-6,11-14H2,1-3H3/p+1/t15-,16+. The Morgan fingerprint density at radius 1 is 1.04 bits per heavy atom. The van der Waals surface area contributed by atoms with Crippen molar-refractivity contribution in [1.29, 1.82) is 0 Å². The fourth-order valence-corrected chi connectivity index (χ4v) is 5.44. The van der Waals surface area contributed by atoms with Gasteiger partial charge in [-0.15, -0.1) is 0 Å². The van der Waals surface area contributed by atoms with Gasteiger partial charge in [-0.05, 0) is 57.4 Å². The number of benzene rings is 1. The largest absolute Gasteiger partial charge is 0.335 e. The zero-order valence-corrected chi connectivity index (χ0v) is 16.8. The third kappa shape index (κ3) is 3.80. The van der Waals surface area contributed by atoms with Crippen LogP contribution in [0.4, 0.5) is 0 Å². The molecule has 1 amide bonds. The van der Waals surface area contributed by atoms with Gasteiger partial charge in [-0.2, -0.15) is 4.31 Å². The number of likely N-dealkylation sites (N-methyl/N-ethyl adjacent to an activating group) is 1. The maximum Gasteiger partial charge on any atom is 0.254 e. The lowest BCUT2D eigenvalue weighted by molar-refractivity contribution is -0.883. The number of amides is 1. The van der Waals surface area contributed by atoms with Gasteiger partial charge < -0.3 is 9.80 Å². The van der Waals surface area contributed by atoms with E-state index in [4.69, 9.17) is 0 Å². The van der Waals surface area contributed by atoms with Crippen molar-refractivity contribution in [2.24, 2.45) is 0 Å². The predicted octanol–water partition coefficient (Wildman–Crippen LogP) is 0.609. The second kappa shape index (κ2) is 7.66. The first-order chi connectivity index (χ1) is 12.3. The van der Waals surface area contributed by atoms with Gasteiger partial charge in [0.05, 0.1) is 38.1 Å². The van der Waals surface area contributed by atoms with E-state index < -0.39 is 10.0 Å². The maximum atomic E-state index is 12.9. The number of piperazine rings is 1. The lowest BCUT2D eigenvalue weighted by Crippen LogP contribution is -3.12. The van der Waals surface area contributed by atoms with Gasteiger partial charge in [-0.1, -0.05) is 0 Å². The summed E-state index contributed by atoms with van der Waals surface area (Å²) in [6.45, 7) is 6.89. The Balaban J connectivity index is 1.76. The number of likely N-dealkylation sites (tertiary alicyclic amines) is 1. The Bertz CT molecular complexity index is 730. The molecule has 1 aromatic rings. The van der Waals surface area contributed by atoms with E-state index in [1.165, 1.54) is 4.90 Å². The Hall–Kier alpha value is -1.44. The summed E-state index contributed by atoms with van der Waals surface area (Å²) in [4.78, 5) is 16.4. The molecule has 2 heterocycles. The zero-order valence-electron chi connectivity index (χ0n) is 15.9. The third-order valence-electron chi connectivity index (χ3n) is 5.74. The minimum atomic E-state index is -3.48. The molecule has 1 aromatic carbocycles. The highest BCUT2D eigenvalue weighted by Crippen LogP contribution is 2.25. The third-order valence-corrected chi connectivity index (χ3v) is 7.66. The fraction of sp³-hybridized carbons (Fsp3) is 0.632. The maximum absolute atomic E-state index is 12.9. The Morgan fingerprint density at radius 2 is 1.58 bits per heavy atom. The van der Waals surface area contributed by atoms with E-state index in [0.29, 0.717) is 18.7 Å². The summed E-state index contributed by atoms with van der Waals surface area (Å²) >= 11 is 0. The highest BCUT2D eigenvalue weighted by molar-refractivity contribution is 7.89. The molecule has 2 atom stereocenters. The molecule has 2 fully saturated rings. The average molecular weight is 381 g/mol. The molecule has 2 aliphatic rings. The van der Waals surface area contributed by atoms with Gasteiger partial charge >= 0.3 is 0 Å². The highest BCUT2D eigenvalue weighted by Gasteiger charge is 2.31. The molecule has 144 valence electrons. The van der Waals surface area contributed by atoms with Crippen molar-refractivity contribution in [3.05, 3.63) is 29.8 Å². The van der Waals surface area contributed by atoms with Crippen LogP contribution in [0.3, 0.4) is 0 Å². The number of nitrogens with zero attached hydrogens (tertiary/aromatic N) is 2. The van der Waals surface area contributed by atoms with Gasteiger partial charge in [-0.3, -0.25) is 4.79 Å². The quantitative estimate of drug-likeness (QED) is 0.836. The monoisotopic (exact) mass is 380 g/mol. The van der Waals surface area contributed by atoms with Gasteiger partial charge in [0.2, 0.25) is 10.0 Å². The van der Waals surface area contributed by atoms with Crippen LogP contribution in [0.2, 0.25) is 0 Å². The molecule has 7 heteroatoms. The Kier molecular flexibility index (Phi) is 5.69. The number of hydrogen-bond acceptors (Lipinski definition) is 3. The normalized spacial score (nSPS) is 26.0. The first-order valence-corrected chi connectivity index (χ1v) is 11.0. The van der Waals surface area contributed by atoms with Gasteiger partial charge in [0, 0.05) is 17.6 Å². The van der Waals surface area contributed by atoms with E-state index in [1.54, 1.807) is 28.6 Å². The second-order valence-electron chi connectivity index (χ2n) is 7.73. The van der Waals surface area contributed by atoms with Crippen molar-refractivity contribution in [3.63, 3.8) is 0 Å². The van der Waals surface area contributed by atoms with Crippen LogP contribution in [-0.2, 0) is 10.0 Å². The van der Waals surface area contributed by atoms with Crippen LogP contribution in [-0.4, -0.2) is 68.8 Å². The molecule has 0 aliphatic carbocycles. The molecule has 0 aromatic heterocycles. The molecule has 0 saturated carbocycles. The molecule has 3 rings (SSSR count). The van der Waals surface area contributed by atoms with E-state index in [1.807, 2.05) is 4.90 Å². The van der Waals surface area contributed by atoms with Crippen LogP contribution < -0.4 is 4.90 Å². The van der Waals surface area contributed by atoms with Crippen molar-refractivity contribution in [2.45, 2.75) is 50.1 Å². The molecule has 2 aliphatic heterocycles.